The molecule has 0 saturated carbocycles. The molecular formula is C24H26F4N4O2. The maximum atomic E-state index is 13.9. The molecule has 0 spiro atoms. The highest BCUT2D eigenvalue weighted by molar-refractivity contribution is 5.66. The average molecular weight is 478 g/mol. The molecule has 3 aromatic rings. The fraction of sp³-hybridized carbons (Fsp3) is 0.250. The summed E-state index contributed by atoms with van der Waals surface area (Å²) in [5.41, 5.74) is 10.6. The largest absolute Gasteiger partial charge is 0.487 e. The second-order valence-electron chi connectivity index (χ2n) is 7.09. The predicted octanol–water partition coefficient (Wildman–Crippen LogP) is 5.42. The van der Waals surface area contributed by atoms with Crippen LogP contribution in [0.1, 0.15) is 41.1 Å². The fourth-order valence-corrected chi connectivity index (χ4v) is 2.85. The van der Waals surface area contributed by atoms with Gasteiger partial charge in [0.05, 0.1) is 11.9 Å². The Balaban J connectivity index is 0.00000129. The molecule has 6 nitrogen and oxygen atoms in total. The molecule has 0 amide bonds. The fourth-order valence-electron chi connectivity index (χ4n) is 2.85. The van der Waals surface area contributed by atoms with Crippen molar-refractivity contribution in [1.82, 2.24) is 4.98 Å². The number of halogens is 4. The second-order valence-corrected chi connectivity index (χ2v) is 7.09. The number of unbranched alkanes of at least 4 members (excludes halogenated alkanes) is 1. The molecule has 1 aromatic heterocycles. The Labute approximate surface area is 194 Å². The van der Waals surface area contributed by atoms with E-state index < -0.39 is 17.6 Å². The Morgan fingerprint density at radius 2 is 1.76 bits per heavy atom. The van der Waals surface area contributed by atoms with Crippen LogP contribution in [0.3, 0.4) is 0 Å². The monoisotopic (exact) mass is 478 g/mol. The Hall–Kier alpha value is -3.66. The van der Waals surface area contributed by atoms with Gasteiger partial charge in [0.1, 0.15) is 30.1 Å². The van der Waals surface area contributed by atoms with Crippen molar-refractivity contribution < 1.29 is 26.7 Å². The summed E-state index contributed by atoms with van der Waals surface area (Å²) >= 11 is 0. The molecule has 0 aliphatic carbocycles. The van der Waals surface area contributed by atoms with Crippen LogP contribution in [-0.2, 0) is 19.2 Å². The number of aryl methyl sites for hydroxylation is 1. The number of rotatable bonds is 9. The van der Waals surface area contributed by atoms with E-state index in [1.54, 1.807) is 0 Å². The first-order chi connectivity index (χ1) is 16.3. The maximum Gasteiger partial charge on any atom is 0.416 e. The molecule has 0 aliphatic rings. The highest BCUT2D eigenvalue weighted by Gasteiger charge is 2.30. The van der Waals surface area contributed by atoms with Gasteiger partial charge in [-0.25, -0.2) is 9.37 Å². The van der Waals surface area contributed by atoms with E-state index in [0.717, 1.165) is 37.7 Å². The molecule has 2 aromatic carbocycles. The standard InChI is InChI=1S/C23H22F4N2O2.CH4N2/c24-21-13-18(23(25,26)27)8-6-17(21)7-11-22-29-19(15-31-22)14-30-20-9-4-16(5-10-20)3-1-2-12-28;2-1-3/h4-11,13,15H,1-3,12,14,28H2;1H,(H3,2,3)/b11-7+;. The first-order valence-corrected chi connectivity index (χ1v) is 10.4. The maximum absolute atomic E-state index is 13.9. The third kappa shape index (κ3) is 8.70. The Morgan fingerprint density at radius 3 is 2.38 bits per heavy atom. The van der Waals surface area contributed by atoms with Crippen molar-refractivity contribution >= 4 is 18.5 Å². The van der Waals surface area contributed by atoms with Crippen LogP contribution in [0.4, 0.5) is 17.6 Å². The van der Waals surface area contributed by atoms with Gasteiger partial charge in [-0.3, -0.25) is 5.41 Å². The molecule has 34 heavy (non-hydrogen) atoms. The van der Waals surface area contributed by atoms with Gasteiger partial charge in [0, 0.05) is 11.6 Å². The van der Waals surface area contributed by atoms with Gasteiger partial charge in [0.25, 0.3) is 0 Å². The van der Waals surface area contributed by atoms with Crippen molar-refractivity contribution in [3.8, 4) is 5.75 Å². The molecule has 5 N–H and O–H groups in total. The summed E-state index contributed by atoms with van der Waals surface area (Å²) in [6.07, 6.45) is 3.25. The minimum atomic E-state index is -4.59. The van der Waals surface area contributed by atoms with Gasteiger partial charge >= 0.3 is 6.18 Å². The molecule has 3 rings (SSSR count). The summed E-state index contributed by atoms with van der Waals surface area (Å²) in [4.78, 5) is 4.20. The molecule has 0 atom stereocenters. The van der Waals surface area contributed by atoms with E-state index in [0.29, 0.717) is 24.1 Å². The number of nitrogens with zero attached hydrogens (tertiary/aromatic N) is 1. The molecule has 0 saturated heterocycles. The number of alkyl halides is 3. The predicted molar refractivity (Wildman–Crippen MR) is 123 cm³/mol. The van der Waals surface area contributed by atoms with Crippen LogP contribution in [0, 0.1) is 11.2 Å². The zero-order valence-electron chi connectivity index (χ0n) is 18.3. The molecule has 0 radical (unpaired) electrons. The summed E-state index contributed by atoms with van der Waals surface area (Å²) in [5.74, 6) is -0.102. The minimum absolute atomic E-state index is 0.00412. The highest BCUT2D eigenvalue weighted by Crippen LogP contribution is 2.30. The van der Waals surface area contributed by atoms with Crippen LogP contribution in [0.15, 0.2) is 53.1 Å². The number of ether oxygens (including phenoxy) is 1. The molecule has 0 unspecified atom stereocenters. The summed E-state index contributed by atoms with van der Waals surface area (Å²) in [6.45, 7) is 0.869. The first kappa shape index (κ1) is 26.6. The van der Waals surface area contributed by atoms with Gasteiger partial charge in [-0.1, -0.05) is 18.2 Å². The van der Waals surface area contributed by atoms with Gasteiger partial charge in [0.2, 0.25) is 5.89 Å². The molecule has 182 valence electrons. The van der Waals surface area contributed by atoms with Gasteiger partial charge in [-0.2, -0.15) is 13.2 Å². The van der Waals surface area contributed by atoms with Crippen molar-refractivity contribution in [1.29, 1.82) is 5.41 Å². The van der Waals surface area contributed by atoms with Crippen LogP contribution >= 0.6 is 0 Å². The summed E-state index contributed by atoms with van der Waals surface area (Å²) in [7, 11) is 0. The third-order valence-electron chi connectivity index (χ3n) is 4.53. The summed E-state index contributed by atoms with van der Waals surface area (Å²) < 4.78 is 62.7. The topological polar surface area (TPSA) is 111 Å². The van der Waals surface area contributed by atoms with E-state index in [4.69, 9.17) is 20.3 Å². The van der Waals surface area contributed by atoms with Crippen molar-refractivity contribution in [2.24, 2.45) is 11.5 Å². The zero-order chi connectivity index (χ0) is 25.0. The number of nitrogens with two attached hydrogens (primary N) is 2. The summed E-state index contributed by atoms with van der Waals surface area (Å²) in [6, 6.07) is 10.1. The van der Waals surface area contributed by atoms with Gasteiger partial charge in [0.15, 0.2) is 0 Å². The molecular weight excluding hydrogens is 452 g/mol. The second kappa shape index (κ2) is 13.1. The molecule has 0 fully saturated rings. The number of hydrogen-bond donors (Lipinski definition) is 3. The van der Waals surface area contributed by atoms with Gasteiger partial charge in [-0.15, -0.1) is 0 Å². The van der Waals surface area contributed by atoms with Crippen LogP contribution < -0.4 is 16.2 Å². The lowest BCUT2D eigenvalue weighted by molar-refractivity contribution is -0.137. The van der Waals surface area contributed by atoms with E-state index in [1.807, 2.05) is 24.3 Å². The molecule has 0 aliphatic heterocycles. The van der Waals surface area contributed by atoms with E-state index in [2.05, 4.69) is 10.7 Å². The Morgan fingerprint density at radius 1 is 1.06 bits per heavy atom. The van der Waals surface area contributed by atoms with E-state index >= 15 is 0 Å². The lowest BCUT2D eigenvalue weighted by Gasteiger charge is -2.07. The number of nitrogens with one attached hydrogen (secondary N) is 1. The van der Waals surface area contributed by atoms with Crippen molar-refractivity contribution in [2.75, 3.05) is 6.54 Å². The quantitative estimate of drug-likeness (QED) is 0.165. The van der Waals surface area contributed by atoms with Crippen molar-refractivity contribution in [3.05, 3.63) is 82.8 Å². The van der Waals surface area contributed by atoms with Crippen LogP contribution in [0.25, 0.3) is 12.2 Å². The molecule has 1 heterocycles. The zero-order valence-corrected chi connectivity index (χ0v) is 18.3. The highest BCUT2D eigenvalue weighted by atomic mass is 19.4. The Bertz CT molecular complexity index is 1060. The number of hydrogen-bond acceptors (Lipinski definition) is 5. The third-order valence-corrected chi connectivity index (χ3v) is 4.53. The summed E-state index contributed by atoms with van der Waals surface area (Å²) in [5, 5.41) is 5.86. The van der Waals surface area contributed by atoms with Gasteiger partial charge in [-0.05, 0) is 61.7 Å². The number of benzene rings is 2. The normalized spacial score (nSPS) is 11.2. The smallest absolute Gasteiger partial charge is 0.416 e. The molecule has 0 bridgehead atoms. The SMILES string of the molecule is N=CN.NCCCCc1ccc(OCc2coc(/C=C/c3ccc(C(F)(F)F)cc3F)n2)cc1. The van der Waals surface area contributed by atoms with Crippen LogP contribution in [0.5, 0.6) is 5.75 Å². The van der Waals surface area contributed by atoms with Crippen molar-refractivity contribution in [2.45, 2.75) is 32.0 Å². The van der Waals surface area contributed by atoms with E-state index in [1.165, 1.54) is 24.0 Å². The van der Waals surface area contributed by atoms with Crippen LogP contribution in [0.2, 0.25) is 0 Å². The minimum Gasteiger partial charge on any atom is -0.487 e. The average Bonchev–Trinajstić information content (AvgIpc) is 3.26. The Kier molecular flexibility index (Phi) is 10.3. The first-order valence-electron chi connectivity index (χ1n) is 10.4. The lowest BCUT2D eigenvalue weighted by Crippen LogP contribution is -2.05. The number of aromatic nitrogens is 1. The van der Waals surface area contributed by atoms with E-state index in [-0.39, 0.29) is 18.1 Å². The number of oxazole rings is 1. The molecule has 10 heteroatoms. The van der Waals surface area contributed by atoms with E-state index in [9.17, 15) is 17.6 Å². The van der Waals surface area contributed by atoms with Crippen LogP contribution in [-0.4, -0.2) is 17.9 Å². The lowest BCUT2D eigenvalue weighted by atomic mass is 10.1. The van der Waals surface area contributed by atoms with Crippen molar-refractivity contribution in [3.63, 3.8) is 0 Å². The van der Waals surface area contributed by atoms with Gasteiger partial charge < -0.3 is 20.6 Å².